The van der Waals surface area contributed by atoms with Crippen LogP contribution in [-0.2, 0) is 22.5 Å². The number of nitrogens with zero attached hydrogens (tertiary/aromatic N) is 3. The number of nitrogens with two attached hydrogens (primary N) is 2. The van der Waals surface area contributed by atoms with Gasteiger partial charge in [-0.15, -0.1) is 0 Å². The third kappa shape index (κ3) is 5.06. The van der Waals surface area contributed by atoms with Crippen molar-refractivity contribution in [2.24, 2.45) is 11.5 Å². The molecule has 5 rings (SSSR count). The summed E-state index contributed by atoms with van der Waals surface area (Å²) < 4.78 is 9.40. The van der Waals surface area contributed by atoms with Gasteiger partial charge in [0.1, 0.15) is 5.82 Å². The van der Waals surface area contributed by atoms with E-state index in [-0.39, 0.29) is 18.9 Å². The summed E-state index contributed by atoms with van der Waals surface area (Å²) in [5.41, 5.74) is 17.6. The van der Waals surface area contributed by atoms with E-state index < -0.39 is 5.91 Å². The molecule has 2 aromatic carbocycles. The van der Waals surface area contributed by atoms with Crippen LogP contribution in [0.25, 0.3) is 22.6 Å². The summed E-state index contributed by atoms with van der Waals surface area (Å²) in [7, 11) is 0. The first-order chi connectivity index (χ1) is 18.0. The molecular weight excluding hydrogens is 466 g/mol. The summed E-state index contributed by atoms with van der Waals surface area (Å²) in [5, 5.41) is 0. The van der Waals surface area contributed by atoms with E-state index in [9.17, 15) is 9.59 Å². The van der Waals surface area contributed by atoms with Crippen LogP contribution < -0.4 is 11.5 Å². The molecule has 8 heteroatoms. The molecule has 2 aromatic heterocycles. The number of aromatic nitrogens is 3. The van der Waals surface area contributed by atoms with E-state index >= 15 is 0 Å². The molecule has 0 atom stereocenters. The molecule has 0 aliphatic heterocycles. The van der Waals surface area contributed by atoms with Crippen LogP contribution >= 0.6 is 0 Å². The van der Waals surface area contributed by atoms with Crippen LogP contribution in [0, 0.1) is 0 Å². The summed E-state index contributed by atoms with van der Waals surface area (Å²) in [5.74, 6) is 0.916. The molecule has 0 unspecified atom stereocenters. The highest BCUT2D eigenvalue weighted by molar-refractivity contribution is 5.93. The number of amides is 1. The maximum absolute atomic E-state index is 12.1. The molecule has 0 bridgehead atoms. The minimum Gasteiger partial charge on any atom is -0.466 e. The van der Waals surface area contributed by atoms with Crippen LogP contribution in [0.3, 0.4) is 0 Å². The SMILES string of the molecule is CCOC(=O)CCc1ccc(-c2ccc(-n3ccnc3C3CC3)cc2)n1-c1ccc(C(N)=O)cc1CN. The zero-order valence-corrected chi connectivity index (χ0v) is 20.9. The molecule has 4 N–H and O–H groups in total. The van der Waals surface area contributed by atoms with Gasteiger partial charge in [-0.25, -0.2) is 4.98 Å². The number of esters is 1. The van der Waals surface area contributed by atoms with Crippen molar-refractivity contribution >= 4 is 11.9 Å². The molecule has 1 aliphatic rings. The number of imidazole rings is 1. The fraction of sp³-hybridized carbons (Fsp3) is 0.276. The Hall–Kier alpha value is -4.17. The molecule has 1 fully saturated rings. The fourth-order valence-corrected chi connectivity index (χ4v) is 4.74. The molecule has 2 heterocycles. The predicted octanol–water partition coefficient (Wildman–Crippen LogP) is 4.26. The van der Waals surface area contributed by atoms with E-state index in [1.807, 2.05) is 30.6 Å². The third-order valence-electron chi connectivity index (χ3n) is 6.73. The van der Waals surface area contributed by atoms with E-state index in [4.69, 9.17) is 16.2 Å². The Morgan fingerprint density at radius 2 is 1.86 bits per heavy atom. The van der Waals surface area contributed by atoms with Gasteiger partial charge in [-0.05, 0) is 79.8 Å². The Morgan fingerprint density at radius 1 is 1.08 bits per heavy atom. The molecule has 1 amide bonds. The number of carbonyl (C=O) groups excluding carboxylic acids is 2. The zero-order chi connectivity index (χ0) is 25.9. The molecule has 190 valence electrons. The zero-order valence-electron chi connectivity index (χ0n) is 20.9. The van der Waals surface area contributed by atoms with E-state index in [0.717, 1.165) is 39.7 Å². The second-order valence-corrected chi connectivity index (χ2v) is 9.24. The normalized spacial score (nSPS) is 13.0. The Kier molecular flexibility index (Phi) is 6.92. The lowest BCUT2D eigenvalue weighted by Gasteiger charge is -2.18. The lowest BCUT2D eigenvalue weighted by Crippen LogP contribution is -2.14. The average molecular weight is 498 g/mol. The van der Waals surface area contributed by atoms with Gasteiger partial charge in [-0.1, -0.05) is 12.1 Å². The van der Waals surface area contributed by atoms with Crippen molar-refractivity contribution < 1.29 is 14.3 Å². The second-order valence-electron chi connectivity index (χ2n) is 9.24. The number of hydrogen-bond acceptors (Lipinski definition) is 5. The lowest BCUT2D eigenvalue weighted by molar-refractivity contribution is -0.143. The van der Waals surface area contributed by atoms with Gasteiger partial charge < -0.3 is 25.3 Å². The van der Waals surface area contributed by atoms with Gasteiger partial charge in [0, 0.05) is 41.8 Å². The van der Waals surface area contributed by atoms with Gasteiger partial charge in [-0.3, -0.25) is 9.59 Å². The maximum atomic E-state index is 12.1. The largest absolute Gasteiger partial charge is 0.466 e. The molecule has 1 aliphatic carbocycles. The number of primary amides is 1. The summed E-state index contributed by atoms with van der Waals surface area (Å²) in [4.78, 5) is 28.4. The first-order valence-electron chi connectivity index (χ1n) is 12.6. The quantitative estimate of drug-likeness (QED) is 0.317. The first-order valence-corrected chi connectivity index (χ1v) is 12.6. The van der Waals surface area contributed by atoms with Crippen LogP contribution in [0.1, 0.15) is 59.5 Å². The van der Waals surface area contributed by atoms with Gasteiger partial charge in [-0.2, -0.15) is 0 Å². The van der Waals surface area contributed by atoms with Gasteiger partial charge in [0.25, 0.3) is 0 Å². The minimum atomic E-state index is -0.503. The number of aryl methyl sites for hydroxylation is 1. The van der Waals surface area contributed by atoms with Crippen LogP contribution in [0.2, 0.25) is 0 Å². The van der Waals surface area contributed by atoms with E-state index in [0.29, 0.717) is 24.5 Å². The molecule has 0 saturated heterocycles. The Balaban J connectivity index is 1.55. The summed E-state index contributed by atoms with van der Waals surface area (Å²) in [6, 6.07) is 17.7. The Morgan fingerprint density at radius 3 is 2.54 bits per heavy atom. The van der Waals surface area contributed by atoms with Crippen molar-refractivity contribution in [3.63, 3.8) is 0 Å². The summed E-state index contributed by atoms with van der Waals surface area (Å²) in [6.45, 7) is 2.38. The molecule has 0 radical (unpaired) electrons. The first kappa shape index (κ1) is 24.5. The van der Waals surface area contributed by atoms with E-state index in [1.165, 1.54) is 12.8 Å². The van der Waals surface area contributed by atoms with Crippen molar-refractivity contribution in [1.82, 2.24) is 14.1 Å². The molecule has 0 spiro atoms. The highest BCUT2D eigenvalue weighted by Crippen LogP contribution is 2.40. The molecular formula is C29H31N5O3. The van der Waals surface area contributed by atoms with Gasteiger partial charge in [0.15, 0.2) is 0 Å². The van der Waals surface area contributed by atoms with Gasteiger partial charge in [0.05, 0.1) is 24.4 Å². The molecule has 1 saturated carbocycles. The molecule has 8 nitrogen and oxygen atoms in total. The maximum Gasteiger partial charge on any atom is 0.306 e. The predicted molar refractivity (Wildman–Crippen MR) is 142 cm³/mol. The van der Waals surface area contributed by atoms with Crippen LogP contribution in [0.5, 0.6) is 0 Å². The Labute approximate surface area is 215 Å². The fourth-order valence-electron chi connectivity index (χ4n) is 4.74. The highest BCUT2D eigenvalue weighted by Gasteiger charge is 2.28. The molecule has 4 aromatic rings. The van der Waals surface area contributed by atoms with E-state index in [1.54, 1.807) is 19.1 Å². The lowest BCUT2D eigenvalue weighted by atomic mass is 10.1. The number of ether oxygens (including phenoxy) is 1. The number of rotatable bonds is 10. The topological polar surface area (TPSA) is 118 Å². The highest BCUT2D eigenvalue weighted by atomic mass is 16.5. The van der Waals surface area contributed by atoms with Crippen molar-refractivity contribution in [2.75, 3.05) is 6.61 Å². The van der Waals surface area contributed by atoms with Crippen molar-refractivity contribution in [3.05, 3.63) is 89.6 Å². The summed E-state index contributed by atoms with van der Waals surface area (Å²) in [6.07, 6.45) is 7.00. The van der Waals surface area contributed by atoms with Crippen molar-refractivity contribution in [3.8, 4) is 22.6 Å². The standard InChI is InChI=1S/C29H31N5O3/c1-2-37-27(35)14-11-24-10-13-25(34(24)26-12-7-21(28(31)36)17-22(26)18-30)19-5-8-23(9-6-19)33-16-15-32-29(33)20-3-4-20/h5-10,12-13,15-17,20H,2-4,11,14,18,30H2,1H3,(H2,31,36). The number of carbonyl (C=O) groups is 2. The van der Waals surface area contributed by atoms with Crippen LogP contribution in [0.15, 0.2) is 67.0 Å². The minimum absolute atomic E-state index is 0.231. The van der Waals surface area contributed by atoms with Gasteiger partial charge >= 0.3 is 5.97 Å². The number of hydrogen-bond donors (Lipinski definition) is 2. The monoisotopic (exact) mass is 497 g/mol. The Bertz CT molecular complexity index is 1430. The second kappa shape index (κ2) is 10.4. The van der Waals surface area contributed by atoms with Crippen molar-refractivity contribution in [2.45, 2.75) is 45.1 Å². The third-order valence-corrected chi connectivity index (χ3v) is 6.73. The van der Waals surface area contributed by atoms with Crippen LogP contribution in [0.4, 0.5) is 0 Å². The van der Waals surface area contributed by atoms with Gasteiger partial charge in [0.2, 0.25) is 5.91 Å². The number of benzene rings is 2. The summed E-state index contributed by atoms with van der Waals surface area (Å²) >= 11 is 0. The smallest absolute Gasteiger partial charge is 0.306 e. The molecule has 37 heavy (non-hydrogen) atoms. The van der Waals surface area contributed by atoms with E-state index in [2.05, 4.69) is 38.4 Å². The average Bonchev–Trinajstić information content (AvgIpc) is 3.48. The van der Waals surface area contributed by atoms with Crippen molar-refractivity contribution in [1.29, 1.82) is 0 Å². The van der Waals surface area contributed by atoms with Crippen LogP contribution in [-0.4, -0.2) is 32.6 Å².